The maximum Gasteiger partial charge on any atom is 0.306 e. The van der Waals surface area contributed by atoms with E-state index in [1.165, 1.54) is 4.80 Å². The third-order valence-electron chi connectivity index (χ3n) is 6.53. The lowest BCUT2D eigenvalue weighted by molar-refractivity contribution is -0.155. The number of aromatic nitrogens is 8. The molecule has 0 saturated carbocycles. The number of H-pyrrole nitrogens is 1. The molecule has 252 valence electrons. The van der Waals surface area contributed by atoms with Gasteiger partial charge in [-0.3, -0.25) is 4.79 Å². The normalized spacial score (nSPS) is 11.6. The molecule has 6 rings (SSSR count). The summed E-state index contributed by atoms with van der Waals surface area (Å²) in [6.07, 6.45) is 0.297. The Morgan fingerprint density at radius 3 is 1.65 bits per heavy atom. The molecule has 0 radical (unpaired) electrons. The molecule has 0 spiro atoms. The Morgan fingerprint density at radius 1 is 0.735 bits per heavy atom. The summed E-state index contributed by atoms with van der Waals surface area (Å²) in [6.45, 7) is 7.99. The van der Waals surface area contributed by atoms with Gasteiger partial charge in [-0.1, -0.05) is 30.1 Å². The quantitative estimate of drug-likeness (QED) is 0.138. The molecule has 0 fully saturated rings. The van der Waals surface area contributed by atoms with Gasteiger partial charge in [0.25, 0.3) is 0 Å². The van der Waals surface area contributed by atoms with Crippen molar-refractivity contribution in [2.75, 3.05) is 0 Å². The number of halogens is 2. The van der Waals surface area contributed by atoms with Crippen LogP contribution in [-0.2, 0) is 16.1 Å². The summed E-state index contributed by atoms with van der Waals surface area (Å²) in [7, 11) is 0. The zero-order valence-electron chi connectivity index (χ0n) is 27.2. The predicted molar refractivity (Wildman–Crippen MR) is 186 cm³/mol. The fourth-order valence-electron chi connectivity index (χ4n) is 4.35. The molecule has 14 heteroatoms. The van der Waals surface area contributed by atoms with E-state index < -0.39 is 5.60 Å². The maximum absolute atomic E-state index is 12.0. The number of benzene rings is 4. The van der Waals surface area contributed by atoms with Crippen LogP contribution in [0.4, 0.5) is 0 Å². The largest absolute Gasteiger partial charge is 0.460 e. The third kappa shape index (κ3) is 11.1. The monoisotopic (exact) mass is 700 g/mol. The number of carbonyl (C=O) groups is 1. The molecule has 0 bridgehead atoms. The lowest BCUT2D eigenvalue weighted by atomic mass is 10.1. The van der Waals surface area contributed by atoms with Gasteiger partial charge in [0, 0.05) is 27.6 Å². The molecular weight excluding hydrogens is 667 g/mol. The van der Waals surface area contributed by atoms with Crippen molar-refractivity contribution in [1.82, 2.24) is 40.8 Å². The summed E-state index contributed by atoms with van der Waals surface area (Å²) < 4.78 is 16.8. The predicted octanol–water partition coefficient (Wildman–Crippen LogP) is 8.47. The molecule has 49 heavy (non-hydrogen) atoms. The van der Waals surface area contributed by atoms with Gasteiger partial charge in [-0.05, 0) is 134 Å². The zero-order chi connectivity index (χ0) is 34.8. The molecule has 2 aromatic heterocycles. The van der Waals surface area contributed by atoms with Crippen LogP contribution in [0.1, 0.15) is 34.1 Å². The topological polar surface area (TPSA) is 143 Å². The smallest absolute Gasteiger partial charge is 0.306 e. The first kappa shape index (κ1) is 35.0. The van der Waals surface area contributed by atoms with E-state index in [9.17, 15) is 4.79 Å². The van der Waals surface area contributed by atoms with Crippen LogP contribution in [0.5, 0.6) is 23.0 Å². The average molecular weight is 702 g/mol. The fraction of sp³-hybridized carbons (Fsp3) is 0.229. The van der Waals surface area contributed by atoms with Crippen LogP contribution in [0.15, 0.2) is 97.1 Å². The molecule has 1 atom stereocenters. The van der Waals surface area contributed by atoms with Crippen LogP contribution in [0.3, 0.4) is 0 Å². The molecule has 0 saturated heterocycles. The molecule has 0 aliphatic rings. The van der Waals surface area contributed by atoms with Gasteiger partial charge in [0.2, 0.25) is 11.6 Å². The molecule has 0 aliphatic heterocycles. The number of carbonyl (C=O) groups excluding carboxylic acids is 1. The van der Waals surface area contributed by atoms with Gasteiger partial charge in [0.15, 0.2) is 0 Å². The summed E-state index contributed by atoms with van der Waals surface area (Å²) in [5.41, 5.74) is 1.21. The number of hydrogen-bond acceptors (Lipinski definition) is 10. The van der Waals surface area contributed by atoms with E-state index in [2.05, 4.69) is 36.0 Å². The Balaban J connectivity index is 0.000000211. The lowest BCUT2D eigenvalue weighted by Crippen LogP contribution is -2.25. The van der Waals surface area contributed by atoms with Crippen LogP contribution in [0, 0.1) is 5.92 Å². The Labute approximate surface area is 293 Å². The van der Waals surface area contributed by atoms with Gasteiger partial charge < -0.3 is 14.2 Å². The molecule has 1 N–H and O–H groups in total. The SMILES string of the molecule is C[C@H](CC(=O)OC(C)(C)C)Cn1nnc(-c2ccc(Oc3ccc(Cl)cc3)cc2)n1.Clc1ccc(Oc2ccc(-c3nn[nH]n3)cc2)cc1. The van der Waals surface area contributed by atoms with E-state index in [1.807, 2.05) is 100 Å². The van der Waals surface area contributed by atoms with E-state index in [0.717, 1.165) is 22.6 Å². The maximum atomic E-state index is 12.0. The highest BCUT2D eigenvalue weighted by atomic mass is 35.5. The van der Waals surface area contributed by atoms with Gasteiger partial charge in [0.05, 0.1) is 6.54 Å². The Morgan fingerprint density at radius 2 is 1.20 bits per heavy atom. The van der Waals surface area contributed by atoms with E-state index in [4.69, 9.17) is 37.4 Å². The standard InChI is InChI=1S/C22H25ClN4O3.C13H9ClN4O/c1-15(13-20(28)30-22(2,3)4)14-27-25-21(24-26-27)16-5-9-18(10-6-16)29-19-11-7-17(23)8-12-19;14-10-3-7-12(8-4-10)19-11-5-1-9(2-6-11)13-15-17-18-16-13/h5-12,15H,13-14H2,1-4H3;1-8H,(H,15,16,17,18)/t15-;/m1./s1. The highest BCUT2D eigenvalue weighted by Gasteiger charge is 2.19. The molecular formula is C35H34Cl2N8O4. The van der Waals surface area contributed by atoms with Crippen molar-refractivity contribution in [2.45, 2.75) is 46.3 Å². The summed E-state index contributed by atoms with van der Waals surface area (Å²) >= 11 is 11.7. The second-order valence-corrected chi connectivity index (χ2v) is 12.8. The van der Waals surface area contributed by atoms with Gasteiger partial charge in [-0.2, -0.15) is 10.0 Å². The van der Waals surface area contributed by atoms with Crippen molar-refractivity contribution in [1.29, 1.82) is 0 Å². The van der Waals surface area contributed by atoms with Gasteiger partial charge >= 0.3 is 5.97 Å². The summed E-state index contributed by atoms with van der Waals surface area (Å²) in [4.78, 5) is 13.5. The Hall–Kier alpha value is -5.33. The first-order valence-electron chi connectivity index (χ1n) is 15.3. The Bertz CT molecular complexity index is 1910. The number of rotatable bonds is 10. The minimum Gasteiger partial charge on any atom is -0.460 e. The number of esters is 1. The molecule has 0 amide bonds. The fourth-order valence-corrected chi connectivity index (χ4v) is 4.60. The number of hydrogen-bond donors (Lipinski definition) is 1. The van der Waals surface area contributed by atoms with E-state index in [0.29, 0.717) is 46.2 Å². The van der Waals surface area contributed by atoms with Crippen molar-refractivity contribution < 1.29 is 19.0 Å². The number of aromatic amines is 1. The lowest BCUT2D eigenvalue weighted by Gasteiger charge is -2.20. The number of nitrogens with one attached hydrogen (secondary N) is 1. The van der Waals surface area contributed by atoms with Crippen LogP contribution >= 0.6 is 23.2 Å². The average Bonchev–Trinajstić information content (AvgIpc) is 3.77. The number of ether oxygens (including phenoxy) is 3. The highest BCUT2D eigenvalue weighted by Crippen LogP contribution is 2.27. The van der Waals surface area contributed by atoms with E-state index in [1.54, 1.807) is 24.3 Å². The summed E-state index contributed by atoms with van der Waals surface area (Å²) in [6, 6.07) is 29.2. The van der Waals surface area contributed by atoms with Crippen molar-refractivity contribution in [2.24, 2.45) is 5.92 Å². The molecule has 0 aliphatic carbocycles. The molecule has 6 aromatic rings. The second-order valence-electron chi connectivity index (χ2n) is 12.0. The van der Waals surface area contributed by atoms with Crippen molar-refractivity contribution in [3.8, 4) is 45.8 Å². The van der Waals surface area contributed by atoms with Crippen molar-refractivity contribution in [3.63, 3.8) is 0 Å². The second kappa shape index (κ2) is 16.2. The van der Waals surface area contributed by atoms with Gasteiger partial charge in [-0.25, -0.2) is 0 Å². The van der Waals surface area contributed by atoms with Gasteiger partial charge in [0.1, 0.15) is 28.6 Å². The summed E-state index contributed by atoms with van der Waals surface area (Å²) in [5.74, 6) is 3.72. The first-order valence-corrected chi connectivity index (χ1v) is 16.1. The van der Waals surface area contributed by atoms with Crippen molar-refractivity contribution in [3.05, 3.63) is 107 Å². The molecule has 2 heterocycles. The van der Waals surface area contributed by atoms with E-state index in [-0.39, 0.29) is 11.9 Å². The molecule has 0 unspecified atom stereocenters. The van der Waals surface area contributed by atoms with Crippen LogP contribution in [0.2, 0.25) is 10.0 Å². The van der Waals surface area contributed by atoms with Crippen LogP contribution in [-0.4, -0.2) is 52.4 Å². The first-order chi connectivity index (χ1) is 23.5. The third-order valence-corrected chi connectivity index (χ3v) is 7.04. The molecule has 4 aromatic carbocycles. The Kier molecular flexibility index (Phi) is 11.6. The van der Waals surface area contributed by atoms with Crippen molar-refractivity contribution >= 4 is 29.2 Å². The minimum absolute atomic E-state index is 0.0250. The molecule has 12 nitrogen and oxygen atoms in total. The number of nitrogens with zero attached hydrogens (tertiary/aromatic N) is 7. The summed E-state index contributed by atoms with van der Waals surface area (Å²) in [5, 5.41) is 27.7. The highest BCUT2D eigenvalue weighted by molar-refractivity contribution is 6.30. The zero-order valence-corrected chi connectivity index (χ0v) is 28.8. The number of tetrazole rings is 2. The van der Waals surface area contributed by atoms with Crippen LogP contribution < -0.4 is 9.47 Å². The van der Waals surface area contributed by atoms with Gasteiger partial charge in [-0.15, -0.1) is 20.4 Å². The van der Waals surface area contributed by atoms with Crippen LogP contribution in [0.25, 0.3) is 22.8 Å². The van der Waals surface area contributed by atoms with E-state index >= 15 is 0 Å². The minimum atomic E-state index is -0.487.